The fourth-order valence-electron chi connectivity index (χ4n) is 4.76. The number of carbonyl (C=O) groups is 2. The predicted octanol–water partition coefficient (Wildman–Crippen LogP) is 2.18. The summed E-state index contributed by atoms with van der Waals surface area (Å²) in [5.41, 5.74) is -1.43. The van der Waals surface area contributed by atoms with Crippen LogP contribution in [0.3, 0.4) is 0 Å². The molecule has 0 spiro atoms. The third-order valence-electron chi connectivity index (χ3n) is 5.52. The van der Waals surface area contributed by atoms with E-state index in [4.69, 9.17) is 5.11 Å². The van der Waals surface area contributed by atoms with Gasteiger partial charge in [0.2, 0.25) is 5.91 Å². The molecule has 0 atom stereocenters. The minimum atomic E-state index is -1.33. The van der Waals surface area contributed by atoms with Crippen molar-refractivity contribution in [3.05, 3.63) is 0 Å². The molecule has 0 saturated heterocycles. The topological polar surface area (TPSA) is 66.4 Å². The van der Waals surface area contributed by atoms with Crippen molar-refractivity contribution in [3.8, 4) is 0 Å². The smallest absolute Gasteiger partial charge is 0.318 e. The van der Waals surface area contributed by atoms with Gasteiger partial charge in [0.1, 0.15) is 5.41 Å². The van der Waals surface area contributed by atoms with E-state index in [-0.39, 0.29) is 11.4 Å². The Balaban J connectivity index is 1.76. The Kier molecular flexibility index (Phi) is 2.70. The summed E-state index contributed by atoms with van der Waals surface area (Å²) < 4.78 is 0. The summed E-state index contributed by atoms with van der Waals surface area (Å²) in [4.78, 5) is 23.5. The Morgan fingerprint density at radius 1 is 1.05 bits per heavy atom. The first-order valence-corrected chi connectivity index (χ1v) is 7.37. The number of rotatable bonds is 3. The van der Waals surface area contributed by atoms with Gasteiger partial charge in [-0.25, -0.2) is 0 Å². The molecule has 4 saturated carbocycles. The molecule has 0 aromatic rings. The Hall–Kier alpha value is -1.06. The van der Waals surface area contributed by atoms with Crippen LogP contribution in [0.5, 0.6) is 0 Å². The van der Waals surface area contributed by atoms with Crippen molar-refractivity contribution >= 4 is 11.9 Å². The fraction of sp³-hybridized carbons (Fsp3) is 0.867. The average Bonchev–Trinajstić information content (AvgIpc) is 2.25. The van der Waals surface area contributed by atoms with Crippen LogP contribution in [0.2, 0.25) is 0 Å². The molecular weight excluding hydrogens is 242 g/mol. The number of nitrogens with one attached hydrogen (secondary N) is 1. The molecule has 0 aliphatic heterocycles. The van der Waals surface area contributed by atoms with Gasteiger partial charge in [-0.15, -0.1) is 0 Å². The lowest BCUT2D eigenvalue weighted by atomic mass is 9.53. The minimum Gasteiger partial charge on any atom is -0.480 e. The zero-order valence-corrected chi connectivity index (χ0v) is 11.7. The van der Waals surface area contributed by atoms with Gasteiger partial charge in [0.25, 0.3) is 0 Å². The van der Waals surface area contributed by atoms with Crippen molar-refractivity contribution in [2.24, 2.45) is 23.2 Å². The van der Waals surface area contributed by atoms with Gasteiger partial charge < -0.3 is 10.4 Å². The maximum absolute atomic E-state index is 12.3. The number of aliphatic carboxylic acids is 1. The number of carboxylic acid groups (broad SMARTS) is 1. The second kappa shape index (κ2) is 3.97. The van der Waals surface area contributed by atoms with E-state index >= 15 is 0 Å². The molecule has 2 N–H and O–H groups in total. The van der Waals surface area contributed by atoms with Gasteiger partial charge >= 0.3 is 5.97 Å². The summed E-state index contributed by atoms with van der Waals surface area (Å²) >= 11 is 0. The number of hydrogen-bond acceptors (Lipinski definition) is 2. The highest BCUT2D eigenvalue weighted by Crippen LogP contribution is 2.55. The van der Waals surface area contributed by atoms with Crippen LogP contribution in [0.4, 0.5) is 0 Å². The molecular formula is C15H23NO3. The van der Waals surface area contributed by atoms with Crippen molar-refractivity contribution < 1.29 is 14.7 Å². The molecule has 4 aliphatic rings. The SMILES string of the molecule is CC(C)(C(=O)O)C(=O)NC12CC3CC(CC(C3)C1)C2. The van der Waals surface area contributed by atoms with Crippen LogP contribution >= 0.6 is 0 Å². The lowest BCUT2D eigenvalue weighted by molar-refractivity contribution is -0.155. The molecule has 0 radical (unpaired) electrons. The Labute approximate surface area is 113 Å². The predicted molar refractivity (Wildman–Crippen MR) is 70.5 cm³/mol. The standard InChI is InChI=1S/C15H23NO3/c1-14(2,13(18)19)12(17)16-15-6-9-3-10(7-15)5-11(4-9)8-15/h9-11H,3-8H2,1-2H3,(H,16,17)(H,18,19). The molecule has 0 aromatic heterocycles. The highest BCUT2D eigenvalue weighted by Gasteiger charge is 2.53. The van der Waals surface area contributed by atoms with Crippen molar-refractivity contribution in [2.45, 2.75) is 57.9 Å². The van der Waals surface area contributed by atoms with Crippen LogP contribution < -0.4 is 5.32 Å². The van der Waals surface area contributed by atoms with Crippen molar-refractivity contribution in [3.63, 3.8) is 0 Å². The van der Waals surface area contributed by atoms with E-state index in [0.29, 0.717) is 0 Å². The van der Waals surface area contributed by atoms with E-state index in [1.54, 1.807) is 0 Å². The summed E-state index contributed by atoms with van der Waals surface area (Å²) in [7, 11) is 0. The molecule has 4 bridgehead atoms. The van der Waals surface area contributed by atoms with E-state index in [0.717, 1.165) is 37.0 Å². The Morgan fingerprint density at radius 2 is 1.47 bits per heavy atom. The molecule has 19 heavy (non-hydrogen) atoms. The summed E-state index contributed by atoms with van der Waals surface area (Å²) in [5.74, 6) is 0.884. The molecule has 4 heteroatoms. The lowest BCUT2D eigenvalue weighted by Gasteiger charge is -2.57. The zero-order chi connectivity index (χ0) is 13.8. The lowest BCUT2D eigenvalue weighted by Crippen LogP contribution is -2.62. The number of amides is 1. The molecule has 0 aromatic carbocycles. The maximum Gasteiger partial charge on any atom is 0.318 e. The van der Waals surface area contributed by atoms with E-state index in [1.807, 2.05) is 0 Å². The molecule has 4 rings (SSSR count). The number of hydrogen-bond donors (Lipinski definition) is 2. The Bertz CT molecular complexity index is 392. The van der Waals surface area contributed by atoms with Crippen molar-refractivity contribution in [2.75, 3.05) is 0 Å². The monoisotopic (exact) mass is 265 g/mol. The summed E-state index contributed by atoms with van der Waals surface area (Å²) in [5, 5.41) is 12.3. The number of carboxylic acids is 1. The highest BCUT2D eigenvalue weighted by atomic mass is 16.4. The second-order valence-electron chi connectivity index (χ2n) is 7.58. The van der Waals surface area contributed by atoms with Crippen LogP contribution in [0.15, 0.2) is 0 Å². The largest absolute Gasteiger partial charge is 0.480 e. The minimum absolute atomic E-state index is 0.0987. The van der Waals surface area contributed by atoms with E-state index < -0.39 is 11.4 Å². The van der Waals surface area contributed by atoms with Gasteiger partial charge in [-0.3, -0.25) is 9.59 Å². The zero-order valence-electron chi connectivity index (χ0n) is 11.7. The fourth-order valence-corrected chi connectivity index (χ4v) is 4.76. The highest BCUT2D eigenvalue weighted by molar-refractivity contribution is 6.01. The van der Waals surface area contributed by atoms with Crippen LogP contribution in [0, 0.1) is 23.2 Å². The van der Waals surface area contributed by atoms with Gasteiger partial charge in [0.15, 0.2) is 0 Å². The van der Waals surface area contributed by atoms with Crippen molar-refractivity contribution in [1.82, 2.24) is 5.32 Å². The normalized spacial score (nSPS) is 40.2. The molecule has 0 heterocycles. The average molecular weight is 265 g/mol. The van der Waals surface area contributed by atoms with Crippen LogP contribution in [0.1, 0.15) is 52.4 Å². The summed E-state index contributed by atoms with van der Waals surface area (Å²) in [6.45, 7) is 2.98. The molecule has 0 unspecified atom stereocenters. The van der Waals surface area contributed by atoms with Crippen molar-refractivity contribution in [1.29, 1.82) is 0 Å². The van der Waals surface area contributed by atoms with Gasteiger partial charge in [-0.2, -0.15) is 0 Å². The molecule has 4 fully saturated rings. The van der Waals surface area contributed by atoms with Gasteiger partial charge in [-0.05, 0) is 70.1 Å². The van der Waals surface area contributed by atoms with Gasteiger partial charge in [-0.1, -0.05) is 0 Å². The van der Waals surface area contributed by atoms with Crippen LogP contribution in [-0.4, -0.2) is 22.5 Å². The first-order chi connectivity index (χ1) is 8.81. The second-order valence-corrected chi connectivity index (χ2v) is 7.58. The first-order valence-electron chi connectivity index (χ1n) is 7.37. The summed E-state index contributed by atoms with van der Waals surface area (Å²) in [6.07, 6.45) is 7.12. The van der Waals surface area contributed by atoms with Crippen LogP contribution in [0.25, 0.3) is 0 Å². The molecule has 4 aliphatic carbocycles. The quantitative estimate of drug-likeness (QED) is 0.769. The van der Waals surface area contributed by atoms with E-state index in [2.05, 4.69) is 5.32 Å². The molecule has 106 valence electrons. The summed E-state index contributed by atoms with van der Waals surface area (Å²) in [6, 6.07) is 0. The van der Waals surface area contributed by atoms with Crippen LogP contribution in [-0.2, 0) is 9.59 Å². The van der Waals surface area contributed by atoms with E-state index in [1.165, 1.54) is 33.1 Å². The third kappa shape index (κ3) is 2.05. The first kappa shape index (κ1) is 12.9. The molecule has 4 nitrogen and oxygen atoms in total. The van der Waals surface area contributed by atoms with Gasteiger partial charge in [0, 0.05) is 5.54 Å². The molecule has 1 amide bonds. The number of carbonyl (C=O) groups excluding carboxylic acids is 1. The maximum atomic E-state index is 12.3. The van der Waals surface area contributed by atoms with Gasteiger partial charge in [0.05, 0.1) is 0 Å². The third-order valence-corrected chi connectivity index (χ3v) is 5.52. The Morgan fingerprint density at radius 3 is 1.84 bits per heavy atom. The van der Waals surface area contributed by atoms with E-state index in [9.17, 15) is 9.59 Å².